The molecule has 1 aromatic heterocycles. The van der Waals surface area contributed by atoms with Crippen LogP contribution >= 0.6 is 0 Å². The van der Waals surface area contributed by atoms with Gasteiger partial charge in [-0.25, -0.2) is 4.98 Å². The van der Waals surface area contributed by atoms with Gasteiger partial charge in [0.2, 0.25) is 5.91 Å². The van der Waals surface area contributed by atoms with E-state index in [2.05, 4.69) is 48.0 Å². The van der Waals surface area contributed by atoms with Crippen LogP contribution in [0.4, 0.5) is 0 Å². The van der Waals surface area contributed by atoms with Crippen LogP contribution in [0, 0.1) is 5.92 Å². The van der Waals surface area contributed by atoms with Crippen LogP contribution in [0.2, 0.25) is 0 Å². The number of fused-ring (bicyclic) bond motifs is 1. The molecule has 170 valence electrons. The van der Waals surface area contributed by atoms with Crippen LogP contribution in [0.3, 0.4) is 0 Å². The standard InChI is InChI=1S/C26H34N4O2/c1-17(2)19-7-5-18(6-8-19)14-29-12-3-4-21(15-29)24-27-23-11-13-30(26(32)20-9-10-20)16-22(23)25(31)28-24/h5-8,17,20-21H,3-4,9-16H2,1-2H3,(H,27,28,31)/t21-/m1/s1. The Bertz CT molecular complexity index is 1040. The fourth-order valence-corrected chi connectivity index (χ4v) is 5.10. The summed E-state index contributed by atoms with van der Waals surface area (Å²) in [4.78, 5) is 37.6. The fourth-order valence-electron chi connectivity index (χ4n) is 5.10. The van der Waals surface area contributed by atoms with E-state index in [-0.39, 0.29) is 23.3 Å². The first kappa shape index (κ1) is 21.4. The lowest BCUT2D eigenvalue weighted by Crippen LogP contribution is -2.41. The lowest BCUT2D eigenvalue weighted by atomic mass is 9.95. The molecule has 2 aliphatic heterocycles. The highest BCUT2D eigenvalue weighted by Gasteiger charge is 2.35. The molecule has 1 N–H and O–H groups in total. The molecule has 6 heteroatoms. The topological polar surface area (TPSA) is 69.3 Å². The minimum atomic E-state index is -0.0558. The summed E-state index contributed by atoms with van der Waals surface area (Å²) < 4.78 is 0. The third kappa shape index (κ3) is 4.51. The Morgan fingerprint density at radius 2 is 1.94 bits per heavy atom. The zero-order valence-electron chi connectivity index (χ0n) is 19.3. The van der Waals surface area contributed by atoms with E-state index < -0.39 is 0 Å². The summed E-state index contributed by atoms with van der Waals surface area (Å²) in [6.45, 7) is 8.47. The van der Waals surface area contributed by atoms with E-state index in [1.165, 1.54) is 11.1 Å². The first-order valence-electron chi connectivity index (χ1n) is 12.2. The zero-order valence-corrected chi connectivity index (χ0v) is 19.3. The minimum Gasteiger partial charge on any atom is -0.337 e. The van der Waals surface area contributed by atoms with Gasteiger partial charge in [0.1, 0.15) is 5.82 Å². The number of H-pyrrole nitrogens is 1. The van der Waals surface area contributed by atoms with Gasteiger partial charge < -0.3 is 9.88 Å². The maximum absolute atomic E-state index is 12.9. The number of carbonyl (C=O) groups excluding carboxylic acids is 1. The number of rotatable bonds is 5. The van der Waals surface area contributed by atoms with E-state index in [9.17, 15) is 9.59 Å². The van der Waals surface area contributed by atoms with Crippen LogP contribution in [0.25, 0.3) is 0 Å². The van der Waals surface area contributed by atoms with Crippen LogP contribution in [0.15, 0.2) is 29.1 Å². The molecule has 32 heavy (non-hydrogen) atoms. The average Bonchev–Trinajstić information content (AvgIpc) is 3.64. The molecule has 3 heterocycles. The summed E-state index contributed by atoms with van der Waals surface area (Å²) in [6, 6.07) is 8.96. The van der Waals surface area contributed by atoms with Crippen molar-refractivity contribution in [1.82, 2.24) is 19.8 Å². The van der Waals surface area contributed by atoms with Crippen molar-refractivity contribution in [3.8, 4) is 0 Å². The number of aromatic amines is 1. The van der Waals surface area contributed by atoms with Crippen molar-refractivity contribution in [3.63, 3.8) is 0 Å². The number of carbonyl (C=O) groups is 1. The van der Waals surface area contributed by atoms with Gasteiger partial charge in [-0.05, 0) is 49.3 Å². The van der Waals surface area contributed by atoms with Gasteiger partial charge in [-0.2, -0.15) is 0 Å². The average molecular weight is 435 g/mol. The Kier molecular flexibility index (Phi) is 5.89. The first-order chi connectivity index (χ1) is 15.5. The molecule has 3 aliphatic rings. The van der Waals surface area contributed by atoms with Gasteiger partial charge in [-0.15, -0.1) is 0 Å². The van der Waals surface area contributed by atoms with Crippen LogP contribution in [-0.2, 0) is 24.3 Å². The maximum Gasteiger partial charge on any atom is 0.256 e. The van der Waals surface area contributed by atoms with Crippen LogP contribution in [0.1, 0.15) is 79.6 Å². The summed E-state index contributed by atoms with van der Waals surface area (Å²) in [7, 11) is 0. The number of amides is 1. The lowest BCUT2D eigenvalue weighted by Gasteiger charge is -2.33. The highest BCUT2D eigenvalue weighted by atomic mass is 16.2. The van der Waals surface area contributed by atoms with Gasteiger partial charge in [0.15, 0.2) is 0 Å². The first-order valence-corrected chi connectivity index (χ1v) is 12.2. The number of hydrogen-bond donors (Lipinski definition) is 1. The van der Waals surface area contributed by atoms with Crippen LogP contribution in [-0.4, -0.2) is 45.3 Å². The number of benzene rings is 1. The van der Waals surface area contributed by atoms with Crippen molar-refractivity contribution in [2.45, 2.75) is 70.9 Å². The van der Waals surface area contributed by atoms with E-state index >= 15 is 0 Å². The second kappa shape index (κ2) is 8.81. The molecule has 2 aromatic rings. The van der Waals surface area contributed by atoms with Crippen LogP contribution < -0.4 is 5.56 Å². The summed E-state index contributed by atoms with van der Waals surface area (Å²) in [5.74, 6) is 2.04. The molecule has 0 spiro atoms. The second-order valence-electron chi connectivity index (χ2n) is 10.1. The Morgan fingerprint density at radius 1 is 1.16 bits per heavy atom. The number of nitrogens with one attached hydrogen (secondary N) is 1. The number of piperidine rings is 1. The number of likely N-dealkylation sites (tertiary alicyclic amines) is 1. The molecule has 6 nitrogen and oxygen atoms in total. The molecule has 0 unspecified atom stereocenters. The van der Waals surface area contributed by atoms with E-state index in [4.69, 9.17) is 4.98 Å². The third-order valence-corrected chi connectivity index (χ3v) is 7.27. The third-order valence-electron chi connectivity index (χ3n) is 7.27. The van der Waals surface area contributed by atoms with Crippen molar-refractivity contribution in [2.75, 3.05) is 19.6 Å². The van der Waals surface area contributed by atoms with Gasteiger partial charge in [-0.3, -0.25) is 14.5 Å². The number of aromatic nitrogens is 2. The largest absolute Gasteiger partial charge is 0.337 e. The quantitative estimate of drug-likeness (QED) is 0.781. The van der Waals surface area contributed by atoms with Gasteiger partial charge in [-0.1, -0.05) is 38.1 Å². The fraction of sp³-hybridized carbons (Fsp3) is 0.577. The highest BCUT2D eigenvalue weighted by Crippen LogP contribution is 2.32. The number of hydrogen-bond acceptors (Lipinski definition) is 4. The van der Waals surface area contributed by atoms with Gasteiger partial charge in [0.05, 0.1) is 17.8 Å². The molecular formula is C26H34N4O2. The predicted molar refractivity (Wildman–Crippen MR) is 124 cm³/mol. The molecule has 1 aromatic carbocycles. The Labute approximate surface area is 190 Å². The molecule has 1 aliphatic carbocycles. The van der Waals surface area contributed by atoms with Crippen molar-refractivity contribution in [2.24, 2.45) is 5.92 Å². The molecular weight excluding hydrogens is 400 g/mol. The van der Waals surface area contributed by atoms with Crippen LogP contribution in [0.5, 0.6) is 0 Å². The summed E-state index contributed by atoms with van der Waals surface area (Å²) in [5.41, 5.74) is 4.23. The highest BCUT2D eigenvalue weighted by molar-refractivity contribution is 5.81. The van der Waals surface area contributed by atoms with E-state index in [0.717, 1.165) is 56.8 Å². The maximum atomic E-state index is 12.9. The van der Waals surface area contributed by atoms with E-state index in [1.54, 1.807) is 0 Å². The summed E-state index contributed by atoms with van der Waals surface area (Å²) in [5, 5.41) is 0. The second-order valence-corrected chi connectivity index (χ2v) is 10.1. The molecule has 1 amide bonds. The van der Waals surface area contributed by atoms with E-state index in [1.807, 2.05) is 4.90 Å². The molecule has 5 rings (SSSR count). The molecule has 0 radical (unpaired) electrons. The predicted octanol–water partition coefficient (Wildman–Crippen LogP) is 3.57. The summed E-state index contributed by atoms with van der Waals surface area (Å²) in [6.07, 6.45) is 4.84. The monoisotopic (exact) mass is 434 g/mol. The van der Waals surface area contributed by atoms with Gasteiger partial charge in [0, 0.05) is 37.9 Å². The van der Waals surface area contributed by atoms with E-state index in [0.29, 0.717) is 31.0 Å². The van der Waals surface area contributed by atoms with Crippen molar-refractivity contribution < 1.29 is 4.79 Å². The van der Waals surface area contributed by atoms with Gasteiger partial charge >= 0.3 is 0 Å². The smallest absolute Gasteiger partial charge is 0.256 e. The Morgan fingerprint density at radius 3 is 2.66 bits per heavy atom. The molecule has 2 fully saturated rings. The SMILES string of the molecule is CC(C)c1ccc(CN2CCC[C@@H](c3nc4c(c(=O)[nH]3)CN(C(=O)C3CC3)CC4)C2)cc1. The normalized spacial score (nSPS) is 21.6. The Balaban J connectivity index is 1.27. The zero-order chi connectivity index (χ0) is 22.2. The van der Waals surface area contributed by atoms with Crippen molar-refractivity contribution in [1.29, 1.82) is 0 Å². The molecule has 1 saturated heterocycles. The van der Waals surface area contributed by atoms with Crippen molar-refractivity contribution in [3.05, 3.63) is 62.8 Å². The molecule has 1 saturated carbocycles. The molecule has 0 bridgehead atoms. The number of nitrogens with zero attached hydrogens (tertiary/aromatic N) is 3. The Hall–Kier alpha value is -2.47. The lowest BCUT2D eigenvalue weighted by molar-refractivity contribution is -0.133. The molecule has 1 atom stereocenters. The summed E-state index contributed by atoms with van der Waals surface area (Å²) >= 11 is 0. The van der Waals surface area contributed by atoms with Gasteiger partial charge in [0.25, 0.3) is 5.56 Å². The minimum absolute atomic E-state index is 0.0558. The van der Waals surface area contributed by atoms with Crippen molar-refractivity contribution >= 4 is 5.91 Å².